The highest BCUT2D eigenvalue weighted by atomic mass is 32.2. The Balaban J connectivity index is 2.17. The zero-order chi connectivity index (χ0) is 14.8. The van der Waals surface area contributed by atoms with Gasteiger partial charge in [0.25, 0.3) is 0 Å². The number of sulfonamides is 1. The Labute approximate surface area is 119 Å². The first kappa shape index (κ1) is 14.6. The Bertz CT molecular complexity index is 639. The van der Waals surface area contributed by atoms with Gasteiger partial charge in [-0.1, -0.05) is 6.07 Å². The molecule has 0 amide bonds. The molecule has 0 bridgehead atoms. The molecular weight excluding hydrogens is 278 g/mol. The molecule has 2 N–H and O–H groups in total. The molecule has 0 spiro atoms. The van der Waals surface area contributed by atoms with Crippen molar-refractivity contribution >= 4 is 21.5 Å². The predicted molar refractivity (Wildman–Crippen MR) is 80.2 cm³/mol. The number of anilines is 1. The highest BCUT2D eigenvalue weighted by molar-refractivity contribution is 7.92. The van der Waals surface area contributed by atoms with E-state index in [1.807, 2.05) is 19.9 Å². The van der Waals surface area contributed by atoms with Crippen LogP contribution in [0.15, 0.2) is 17.1 Å². The van der Waals surface area contributed by atoms with Crippen LogP contribution in [0.3, 0.4) is 0 Å². The van der Waals surface area contributed by atoms with Crippen molar-refractivity contribution in [3.63, 3.8) is 0 Å². The summed E-state index contributed by atoms with van der Waals surface area (Å²) in [5, 5.41) is 3.12. The predicted octanol–water partition coefficient (Wildman–Crippen LogP) is 1.06. The molecule has 1 aliphatic rings. The van der Waals surface area contributed by atoms with Gasteiger partial charge in [0.05, 0.1) is 18.5 Å². The van der Waals surface area contributed by atoms with Crippen LogP contribution in [0.1, 0.15) is 11.1 Å². The van der Waals surface area contributed by atoms with Crippen LogP contribution < -0.4 is 14.8 Å². The minimum absolute atomic E-state index is 0.363. The lowest BCUT2D eigenvalue weighted by molar-refractivity contribution is 0.371. The van der Waals surface area contributed by atoms with E-state index >= 15 is 0 Å². The zero-order valence-electron chi connectivity index (χ0n) is 11.9. The number of nitrogens with one attached hydrogen (secondary N) is 2. The second-order valence-corrected chi connectivity index (χ2v) is 6.60. The number of aryl methyl sites for hydroxylation is 2. The Morgan fingerprint density at radius 3 is 2.70 bits per heavy atom. The van der Waals surface area contributed by atoms with Crippen LogP contribution in [0.4, 0.5) is 5.69 Å². The van der Waals surface area contributed by atoms with E-state index in [1.54, 1.807) is 6.07 Å². The summed E-state index contributed by atoms with van der Waals surface area (Å²) in [6.07, 6.45) is 1.13. The lowest BCUT2D eigenvalue weighted by Crippen LogP contribution is -2.25. The second kappa shape index (κ2) is 5.70. The minimum Gasteiger partial charge on any atom is -0.485 e. The average Bonchev–Trinajstić information content (AvgIpc) is 2.82. The number of nitrogens with zero attached hydrogens (tertiary/aromatic N) is 1. The number of ether oxygens (including phenoxy) is 1. The van der Waals surface area contributed by atoms with Gasteiger partial charge in [-0.05, 0) is 25.0 Å². The summed E-state index contributed by atoms with van der Waals surface area (Å²) >= 11 is 0. The molecule has 1 heterocycles. The topological polar surface area (TPSA) is 79.8 Å². The fraction of sp³-hybridized carbons (Fsp3) is 0.462. The summed E-state index contributed by atoms with van der Waals surface area (Å²) in [6.45, 7) is 5.75. The van der Waals surface area contributed by atoms with E-state index in [0.29, 0.717) is 18.0 Å². The fourth-order valence-corrected chi connectivity index (χ4v) is 2.61. The van der Waals surface area contributed by atoms with Crippen LogP contribution in [0.25, 0.3) is 0 Å². The Hall–Kier alpha value is -1.76. The minimum atomic E-state index is -3.30. The van der Waals surface area contributed by atoms with Gasteiger partial charge in [-0.3, -0.25) is 9.71 Å². The molecule has 0 atom stereocenters. The number of amidine groups is 1. The van der Waals surface area contributed by atoms with Gasteiger partial charge in [-0.15, -0.1) is 0 Å². The largest absolute Gasteiger partial charge is 0.485 e. The SMILES string of the molecule is Cc1cc(C)c(OCC2=NCCN2)cc1NS(C)(=O)=O. The van der Waals surface area contributed by atoms with E-state index in [0.717, 1.165) is 36.3 Å². The van der Waals surface area contributed by atoms with E-state index < -0.39 is 10.0 Å². The maximum absolute atomic E-state index is 11.3. The maximum atomic E-state index is 11.3. The summed E-state index contributed by atoms with van der Waals surface area (Å²) < 4.78 is 30.9. The molecule has 1 aromatic carbocycles. The Kier molecular flexibility index (Phi) is 4.17. The van der Waals surface area contributed by atoms with Crippen molar-refractivity contribution in [2.24, 2.45) is 4.99 Å². The number of rotatable bonds is 5. The molecule has 0 aliphatic carbocycles. The molecule has 0 aromatic heterocycles. The molecule has 0 saturated carbocycles. The van der Waals surface area contributed by atoms with Gasteiger partial charge in [0.2, 0.25) is 10.0 Å². The molecule has 2 rings (SSSR count). The smallest absolute Gasteiger partial charge is 0.229 e. The molecule has 20 heavy (non-hydrogen) atoms. The molecule has 1 aromatic rings. The second-order valence-electron chi connectivity index (χ2n) is 4.85. The van der Waals surface area contributed by atoms with Crippen molar-refractivity contribution < 1.29 is 13.2 Å². The summed E-state index contributed by atoms with van der Waals surface area (Å²) in [7, 11) is -3.30. The van der Waals surface area contributed by atoms with Gasteiger partial charge in [-0.25, -0.2) is 8.42 Å². The maximum Gasteiger partial charge on any atom is 0.229 e. The van der Waals surface area contributed by atoms with Crippen molar-refractivity contribution in [2.45, 2.75) is 13.8 Å². The number of hydrogen-bond acceptors (Lipinski definition) is 5. The average molecular weight is 297 g/mol. The van der Waals surface area contributed by atoms with Crippen LogP contribution in [0.2, 0.25) is 0 Å². The van der Waals surface area contributed by atoms with E-state index in [9.17, 15) is 8.42 Å². The summed E-state index contributed by atoms with van der Waals surface area (Å²) in [6, 6.07) is 3.61. The molecule has 110 valence electrons. The standard InChI is InChI=1S/C13H19N3O3S/c1-9-6-10(2)12(7-11(9)16-20(3,17)18)19-8-13-14-4-5-15-13/h6-7,16H,4-5,8H2,1-3H3,(H,14,15). The van der Waals surface area contributed by atoms with Crippen LogP contribution in [-0.4, -0.2) is 40.2 Å². The molecule has 6 nitrogen and oxygen atoms in total. The third kappa shape index (κ3) is 3.86. The van der Waals surface area contributed by atoms with Crippen molar-refractivity contribution in [3.05, 3.63) is 23.3 Å². The van der Waals surface area contributed by atoms with E-state index in [1.165, 1.54) is 0 Å². The van der Waals surface area contributed by atoms with Gasteiger partial charge < -0.3 is 10.1 Å². The van der Waals surface area contributed by atoms with Gasteiger partial charge >= 0.3 is 0 Å². The molecule has 0 saturated heterocycles. The molecule has 1 aliphatic heterocycles. The quantitative estimate of drug-likeness (QED) is 0.851. The normalized spacial score (nSPS) is 14.7. The van der Waals surface area contributed by atoms with E-state index in [2.05, 4.69) is 15.0 Å². The first-order valence-electron chi connectivity index (χ1n) is 6.34. The molecular formula is C13H19N3O3S. The molecule has 0 unspecified atom stereocenters. The highest BCUT2D eigenvalue weighted by Crippen LogP contribution is 2.27. The fourth-order valence-electron chi connectivity index (χ4n) is 1.99. The highest BCUT2D eigenvalue weighted by Gasteiger charge is 2.11. The lowest BCUT2D eigenvalue weighted by Gasteiger charge is -2.14. The Morgan fingerprint density at radius 2 is 2.10 bits per heavy atom. The number of aliphatic imine (C=N–C) groups is 1. The van der Waals surface area contributed by atoms with Crippen LogP contribution in [0, 0.1) is 13.8 Å². The van der Waals surface area contributed by atoms with Crippen molar-refractivity contribution in [1.29, 1.82) is 0 Å². The van der Waals surface area contributed by atoms with Crippen LogP contribution in [-0.2, 0) is 10.0 Å². The molecule has 7 heteroatoms. The monoisotopic (exact) mass is 297 g/mol. The van der Waals surface area contributed by atoms with Gasteiger partial charge in [0.15, 0.2) is 0 Å². The number of benzene rings is 1. The first-order chi connectivity index (χ1) is 9.35. The third-order valence-corrected chi connectivity index (χ3v) is 3.52. The number of hydrogen-bond donors (Lipinski definition) is 2. The zero-order valence-corrected chi connectivity index (χ0v) is 12.7. The van der Waals surface area contributed by atoms with Crippen LogP contribution in [0.5, 0.6) is 5.75 Å². The van der Waals surface area contributed by atoms with E-state index in [-0.39, 0.29) is 0 Å². The van der Waals surface area contributed by atoms with Crippen molar-refractivity contribution in [2.75, 3.05) is 30.7 Å². The Morgan fingerprint density at radius 1 is 1.35 bits per heavy atom. The molecule has 0 fully saturated rings. The van der Waals surface area contributed by atoms with Crippen molar-refractivity contribution in [1.82, 2.24) is 5.32 Å². The van der Waals surface area contributed by atoms with E-state index in [4.69, 9.17) is 4.74 Å². The van der Waals surface area contributed by atoms with Crippen LogP contribution >= 0.6 is 0 Å². The first-order valence-corrected chi connectivity index (χ1v) is 8.23. The lowest BCUT2D eigenvalue weighted by atomic mass is 10.1. The molecule has 0 radical (unpaired) electrons. The third-order valence-electron chi connectivity index (χ3n) is 2.93. The van der Waals surface area contributed by atoms with Crippen molar-refractivity contribution in [3.8, 4) is 5.75 Å². The van der Waals surface area contributed by atoms with Gasteiger partial charge in [0.1, 0.15) is 18.2 Å². The summed E-state index contributed by atoms with van der Waals surface area (Å²) in [5.41, 5.74) is 2.35. The summed E-state index contributed by atoms with van der Waals surface area (Å²) in [4.78, 5) is 4.25. The van der Waals surface area contributed by atoms with Gasteiger partial charge in [-0.2, -0.15) is 0 Å². The summed E-state index contributed by atoms with van der Waals surface area (Å²) in [5.74, 6) is 1.47. The van der Waals surface area contributed by atoms with Gasteiger partial charge in [0, 0.05) is 12.6 Å².